The molecule has 0 aliphatic carbocycles. The highest BCUT2D eigenvalue weighted by Crippen LogP contribution is 2.19. The maximum absolute atomic E-state index is 12.1. The smallest absolute Gasteiger partial charge is 0.233 e. The van der Waals surface area contributed by atoms with Crippen LogP contribution >= 0.6 is 11.8 Å². The summed E-state index contributed by atoms with van der Waals surface area (Å²) in [5, 5.41) is 7.43. The molecule has 1 fully saturated rings. The molecule has 2 heterocycles. The summed E-state index contributed by atoms with van der Waals surface area (Å²) in [5.74, 6) is 1.82. The van der Waals surface area contributed by atoms with Crippen LogP contribution in [0.5, 0.6) is 0 Å². The number of rotatable bonds is 7. The number of likely N-dealkylation sites (tertiary alicyclic amines) is 1. The minimum Gasteiger partial charge on any atom is -0.381 e. The highest BCUT2D eigenvalue weighted by Gasteiger charge is 2.26. The number of H-pyrrole nitrogens is 1. The number of carbonyl (C=O) groups excluding carboxylic acids is 1. The SMILES string of the molecule is CCCOC[C@@H]1CCN(C(=O)CSc2n[nH]c(C)n2)C1. The molecule has 20 heavy (non-hydrogen) atoms. The molecule has 1 atom stereocenters. The second kappa shape index (κ2) is 7.64. The van der Waals surface area contributed by atoms with Gasteiger partial charge in [-0.15, -0.1) is 5.10 Å². The molecule has 1 aromatic rings. The molecule has 0 aromatic carbocycles. The van der Waals surface area contributed by atoms with Crippen molar-refractivity contribution < 1.29 is 9.53 Å². The number of aromatic nitrogens is 3. The average Bonchev–Trinajstić information content (AvgIpc) is 3.06. The van der Waals surface area contributed by atoms with Gasteiger partial charge >= 0.3 is 0 Å². The van der Waals surface area contributed by atoms with Crippen molar-refractivity contribution in [3.63, 3.8) is 0 Å². The van der Waals surface area contributed by atoms with Gasteiger partial charge in [0.05, 0.1) is 12.4 Å². The van der Waals surface area contributed by atoms with Gasteiger partial charge in [-0.2, -0.15) is 0 Å². The normalized spacial score (nSPS) is 18.7. The summed E-state index contributed by atoms with van der Waals surface area (Å²) >= 11 is 1.38. The fraction of sp³-hybridized carbons (Fsp3) is 0.769. The zero-order valence-corrected chi connectivity index (χ0v) is 12.9. The molecule has 0 bridgehead atoms. The molecule has 1 amide bonds. The zero-order chi connectivity index (χ0) is 14.4. The number of aryl methyl sites for hydroxylation is 1. The third-order valence-electron chi connectivity index (χ3n) is 3.24. The van der Waals surface area contributed by atoms with E-state index in [1.54, 1.807) is 0 Å². The van der Waals surface area contributed by atoms with Crippen molar-refractivity contribution >= 4 is 17.7 Å². The lowest BCUT2D eigenvalue weighted by atomic mass is 10.1. The maximum atomic E-state index is 12.1. The number of ether oxygens (including phenoxy) is 1. The highest BCUT2D eigenvalue weighted by molar-refractivity contribution is 7.99. The van der Waals surface area contributed by atoms with E-state index >= 15 is 0 Å². The summed E-state index contributed by atoms with van der Waals surface area (Å²) in [6.45, 7) is 7.19. The Bertz CT molecular complexity index is 438. The van der Waals surface area contributed by atoms with Crippen LogP contribution in [0.3, 0.4) is 0 Å². The number of amides is 1. The number of nitrogens with zero attached hydrogens (tertiary/aromatic N) is 3. The van der Waals surface area contributed by atoms with Gasteiger partial charge in [0.15, 0.2) is 0 Å². The van der Waals surface area contributed by atoms with E-state index in [1.165, 1.54) is 11.8 Å². The minimum atomic E-state index is 0.162. The van der Waals surface area contributed by atoms with Gasteiger partial charge in [0, 0.05) is 25.6 Å². The highest BCUT2D eigenvalue weighted by atomic mass is 32.2. The lowest BCUT2D eigenvalue weighted by Gasteiger charge is -2.16. The van der Waals surface area contributed by atoms with Gasteiger partial charge in [0.1, 0.15) is 5.82 Å². The Kier molecular flexibility index (Phi) is 5.85. The van der Waals surface area contributed by atoms with Gasteiger partial charge in [0.25, 0.3) is 0 Å². The molecule has 0 saturated carbocycles. The number of nitrogens with one attached hydrogen (secondary N) is 1. The van der Waals surface area contributed by atoms with Crippen molar-refractivity contribution in [2.75, 3.05) is 32.1 Å². The first-order valence-electron chi connectivity index (χ1n) is 7.06. The van der Waals surface area contributed by atoms with Crippen molar-refractivity contribution in [2.24, 2.45) is 5.92 Å². The van der Waals surface area contributed by atoms with E-state index < -0.39 is 0 Å². The van der Waals surface area contributed by atoms with Crippen LogP contribution in [0.4, 0.5) is 0 Å². The predicted molar refractivity (Wildman–Crippen MR) is 77.6 cm³/mol. The summed E-state index contributed by atoms with van der Waals surface area (Å²) in [6.07, 6.45) is 2.09. The van der Waals surface area contributed by atoms with E-state index in [1.807, 2.05) is 11.8 Å². The van der Waals surface area contributed by atoms with Crippen molar-refractivity contribution in [2.45, 2.75) is 31.8 Å². The summed E-state index contributed by atoms with van der Waals surface area (Å²) in [4.78, 5) is 18.2. The van der Waals surface area contributed by atoms with Gasteiger partial charge in [0.2, 0.25) is 11.1 Å². The number of hydrogen-bond acceptors (Lipinski definition) is 5. The number of hydrogen-bond donors (Lipinski definition) is 1. The van der Waals surface area contributed by atoms with Crippen LogP contribution in [0.25, 0.3) is 0 Å². The van der Waals surface area contributed by atoms with E-state index in [-0.39, 0.29) is 5.91 Å². The van der Waals surface area contributed by atoms with Gasteiger partial charge in [-0.25, -0.2) is 4.98 Å². The van der Waals surface area contributed by atoms with Crippen LogP contribution in [0.15, 0.2) is 5.16 Å². The molecule has 112 valence electrons. The summed E-state index contributed by atoms with van der Waals surface area (Å²) in [5.41, 5.74) is 0. The van der Waals surface area contributed by atoms with Crippen LogP contribution in [0.1, 0.15) is 25.6 Å². The average molecular weight is 298 g/mol. The lowest BCUT2D eigenvalue weighted by molar-refractivity contribution is -0.127. The van der Waals surface area contributed by atoms with Gasteiger partial charge in [-0.05, 0) is 19.8 Å². The second-order valence-corrected chi connectivity index (χ2v) is 6.00. The number of thioether (sulfide) groups is 1. The van der Waals surface area contributed by atoms with Crippen molar-refractivity contribution in [1.29, 1.82) is 0 Å². The van der Waals surface area contributed by atoms with Crippen LogP contribution in [-0.2, 0) is 9.53 Å². The fourth-order valence-electron chi connectivity index (χ4n) is 2.19. The van der Waals surface area contributed by atoms with E-state index in [9.17, 15) is 4.79 Å². The second-order valence-electron chi connectivity index (χ2n) is 5.06. The standard InChI is InChI=1S/C13H22N4O2S/c1-3-6-19-8-11-4-5-17(7-11)12(18)9-20-13-14-10(2)15-16-13/h11H,3-9H2,1-2H3,(H,14,15,16)/t11-/m1/s1. The third kappa shape index (κ3) is 4.49. The summed E-state index contributed by atoms with van der Waals surface area (Å²) < 4.78 is 5.56. The molecule has 1 saturated heterocycles. The molecular formula is C13H22N4O2S. The van der Waals surface area contributed by atoms with E-state index in [2.05, 4.69) is 22.1 Å². The molecule has 6 nitrogen and oxygen atoms in total. The topological polar surface area (TPSA) is 71.1 Å². The van der Waals surface area contributed by atoms with Gasteiger partial charge in [-0.1, -0.05) is 18.7 Å². The van der Waals surface area contributed by atoms with E-state index in [0.29, 0.717) is 16.8 Å². The quantitative estimate of drug-likeness (QED) is 0.610. The van der Waals surface area contributed by atoms with Crippen LogP contribution in [0.2, 0.25) is 0 Å². The monoisotopic (exact) mass is 298 g/mol. The first kappa shape index (κ1) is 15.3. The molecule has 0 spiro atoms. The molecule has 1 aromatic heterocycles. The molecule has 2 rings (SSSR count). The molecule has 1 N–H and O–H groups in total. The Hall–Kier alpha value is -1.08. The summed E-state index contributed by atoms with van der Waals surface area (Å²) in [6, 6.07) is 0. The van der Waals surface area contributed by atoms with Crippen molar-refractivity contribution in [3.8, 4) is 0 Å². The van der Waals surface area contributed by atoms with Crippen molar-refractivity contribution in [1.82, 2.24) is 20.1 Å². The molecule has 0 unspecified atom stereocenters. The van der Waals surface area contributed by atoms with E-state index in [0.717, 1.165) is 45.0 Å². The van der Waals surface area contributed by atoms with Crippen LogP contribution in [0, 0.1) is 12.8 Å². The maximum Gasteiger partial charge on any atom is 0.233 e. The first-order valence-corrected chi connectivity index (χ1v) is 8.05. The minimum absolute atomic E-state index is 0.162. The first-order chi connectivity index (χ1) is 9.69. The zero-order valence-electron chi connectivity index (χ0n) is 12.1. The summed E-state index contributed by atoms with van der Waals surface area (Å²) in [7, 11) is 0. The Morgan fingerprint density at radius 2 is 2.45 bits per heavy atom. The molecule has 1 aliphatic heterocycles. The van der Waals surface area contributed by atoms with Crippen LogP contribution < -0.4 is 0 Å². The predicted octanol–water partition coefficient (Wildman–Crippen LogP) is 1.48. The molecule has 0 radical (unpaired) electrons. The molecular weight excluding hydrogens is 276 g/mol. The lowest BCUT2D eigenvalue weighted by Crippen LogP contribution is -2.30. The fourth-order valence-corrected chi connectivity index (χ4v) is 2.94. The van der Waals surface area contributed by atoms with Gasteiger partial charge < -0.3 is 9.64 Å². The van der Waals surface area contributed by atoms with Gasteiger partial charge in [-0.3, -0.25) is 9.89 Å². The van der Waals surface area contributed by atoms with Crippen molar-refractivity contribution in [3.05, 3.63) is 5.82 Å². The Labute approximate surface area is 123 Å². The largest absolute Gasteiger partial charge is 0.381 e. The molecule has 1 aliphatic rings. The third-order valence-corrected chi connectivity index (χ3v) is 4.07. The Morgan fingerprint density at radius 3 is 3.15 bits per heavy atom. The number of aromatic amines is 1. The Balaban J connectivity index is 1.68. The number of carbonyl (C=O) groups is 1. The molecule has 7 heteroatoms. The Morgan fingerprint density at radius 1 is 1.60 bits per heavy atom. The van der Waals surface area contributed by atoms with Crippen LogP contribution in [-0.4, -0.2) is 58.0 Å². The van der Waals surface area contributed by atoms with E-state index in [4.69, 9.17) is 4.74 Å².